The van der Waals surface area contributed by atoms with Crippen molar-refractivity contribution in [1.29, 1.82) is 0 Å². The normalized spacial score (nSPS) is 41.4. The highest BCUT2D eigenvalue weighted by Crippen LogP contribution is 2.58. The van der Waals surface area contributed by atoms with Gasteiger partial charge in [0.2, 0.25) is 0 Å². The van der Waals surface area contributed by atoms with Crippen LogP contribution in [0.3, 0.4) is 0 Å². The van der Waals surface area contributed by atoms with Crippen molar-refractivity contribution in [3.05, 3.63) is 0 Å². The Hall–Kier alpha value is -0.440. The van der Waals surface area contributed by atoms with Gasteiger partial charge in [0.25, 0.3) is 0 Å². The van der Waals surface area contributed by atoms with Gasteiger partial charge < -0.3 is 0 Å². The van der Waals surface area contributed by atoms with Gasteiger partial charge in [-0.1, -0.05) is 40.5 Å². The molecule has 0 spiro atoms. The summed E-state index contributed by atoms with van der Waals surface area (Å²) in [7, 11) is 0. The second-order valence-corrected chi connectivity index (χ2v) is 6.94. The summed E-state index contributed by atoms with van der Waals surface area (Å²) in [6.07, 6.45) is 16.9. The SMILES string of the molecule is C#C.C[C@H]1CCC2C(C)(C)CCC[C@]2(C)C1. The number of rotatable bonds is 0. The number of terminal acetylenes is 1. The molecule has 0 aromatic carbocycles. The molecule has 0 nitrogen and oxygen atoms in total. The van der Waals surface area contributed by atoms with E-state index in [1.165, 1.54) is 38.5 Å². The van der Waals surface area contributed by atoms with Crippen molar-refractivity contribution in [2.75, 3.05) is 0 Å². The van der Waals surface area contributed by atoms with Crippen LogP contribution in [0.2, 0.25) is 0 Å². The second kappa shape index (κ2) is 4.82. The molecule has 0 aromatic rings. The largest absolute Gasteiger partial charge is 0.124 e. The third-order valence-corrected chi connectivity index (χ3v) is 5.12. The van der Waals surface area contributed by atoms with Crippen molar-refractivity contribution >= 4 is 0 Å². The van der Waals surface area contributed by atoms with Crippen molar-refractivity contribution in [3.63, 3.8) is 0 Å². The fourth-order valence-electron chi connectivity index (χ4n) is 4.57. The smallest absolute Gasteiger partial charge is 0.0290 e. The molecule has 0 N–H and O–H groups in total. The molecule has 3 atom stereocenters. The van der Waals surface area contributed by atoms with Crippen LogP contribution in [0.1, 0.15) is 66.2 Å². The molecule has 0 aromatic heterocycles. The van der Waals surface area contributed by atoms with Crippen LogP contribution in [-0.4, -0.2) is 0 Å². The van der Waals surface area contributed by atoms with E-state index >= 15 is 0 Å². The Morgan fingerprint density at radius 2 is 1.62 bits per heavy atom. The zero-order valence-corrected chi connectivity index (χ0v) is 11.6. The average molecular weight is 220 g/mol. The summed E-state index contributed by atoms with van der Waals surface area (Å²) in [6.45, 7) is 10.0. The molecular weight excluding hydrogens is 192 g/mol. The molecule has 16 heavy (non-hydrogen) atoms. The van der Waals surface area contributed by atoms with Gasteiger partial charge in [-0.2, -0.15) is 0 Å². The quantitative estimate of drug-likeness (QED) is 0.510. The first-order chi connectivity index (χ1) is 7.44. The van der Waals surface area contributed by atoms with Crippen molar-refractivity contribution in [2.45, 2.75) is 66.2 Å². The highest BCUT2D eigenvalue weighted by atomic mass is 14.5. The van der Waals surface area contributed by atoms with Crippen molar-refractivity contribution in [3.8, 4) is 12.8 Å². The number of hydrogen-bond donors (Lipinski definition) is 0. The minimum absolute atomic E-state index is 0.618. The maximum atomic E-state index is 4.00. The number of hydrogen-bond acceptors (Lipinski definition) is 0. The summed E-state index contributed by atoms with van der Waals surface area (Å²) in [6, 6.07) is 0. The lowest BCUT2D eigenvalue weighted by atomic mass is 9.50. The predicted octanol–water partition coefficient (Wildman–Crippen LogP) is 4.89. The zero-order chi connectivity index (χ0) is 12.4. The van der Waals surface area contributed by atoms with Crippen molar-refractivity contribution in [1.82, 2.24) is 0 Å². The standard InChI is InChI=1S/C14H26.C2H2/c1-11-6-7-12-13(2,3)8-5-9-14(12,4)10-11;1-2/h11-12H,5-10H2,1-4H3;1-2H/t11-,12?,14+;/m0./s1. The number of fused-ring (bicyclic) bond motifs is 1. The molecule has 0 bridgehead atoms. The van der Waals surface area contributed by atoms with Crippen LogP contribution < -0.4 is 0 Å². The van der Waals surface area contributed by atoms with E-state index in [-0.39, 0.29) is 0 Å². The fraction of sp³-hybridized carbons (Fsp3) is 0.875. The van der Waals surface area contributed by atoms with Crippen LogP contribution in [0, 0.1) is 35.5 Å². The monoisotopic (exact) mass is 220 g/mol. The molecule has 2 fully saturated rings. The zero-order valence-electron chi connectivity index (χ0n) is 11.6. The molecule has 0 aliphatic heterocycles. The third-order valence-electron chi connectivity index (χ3n) is 5.12. The molecule has 0 saturated heterocycles. The molecule has 2 aliphatic rings. The fourth-order valence-corrected chi connectivity index (χ4v) is 4.57. The minimum atomic E-state index is 0.618. The summed E-state index contributed by atoms with van der Waals surface area (Å²) < 4.78 is 0. The van der Waals surface area contributed by atoms with E-state index in [1.54, 1.807) is 0 Å². The van der Waals surface area contributed by atoms with Crippen LogP contribution in [0.5, 0.6) is 0 Å². The van der Waals surface area contributed by atoms with Gasteiger partial charge in [-0.3, -0.25) is 0 Å². The van der Waals surface area contributed by atoms with Crippen LogP contribution >= 0.6 is 0 Å². The van der Waals surface area contributed by atoms with Crippen molar-refractivity contribution in [2.24, 2.45) is 22.7 Å². The van der Waals surface area contributed by atoms with Crippen LogP contribution in [0.4, 0.5) is 0 Å². The first kappa shape index (κ1) is 13.6. The van der Waals surface area contributed by atoms with Gasteiger partial charge in [-0.15, -0.1) is 12.8 Å². The summed E-state index contributed by atoms with van der Waals surface area (Å²) >= 11 is 0. The predicted molar refractivity (Wildman–Crippen MR) is 72.1 cm³/mol. The molecule has 2 aliphatic carbocycles. The summed E-state index contributed by atoms with van der Waals surface area (Å²) in [5.41, 5.74) is 1.30. The lowest BCUT2D eigenvalue weighted by Crippen LogP contribution is -2.45. The molecule has 1 unspecified atom stereocenters. The Morgan fingerprint density at radius 1 is 1.00 bits per heavy atom. The van der Waals surface area contributed by atoms with E-state index in [0.29, 0.717) is 10.8 Å². The van der Waals surface area contributed by atoms with Gasteiger partial charge in [0.15, 0.2) is 0 Å². The van der Waals surface area contributed by atoms with Crippen LogP contribution in [-0.2, 0) is 0 Å². The van der Waals surface area contributed by atoms with E-state index in [1.807, 2.05) is 0 Å². The maximum absolute atomic E-state index is 4.00. The van der Waals surface area contributed by atoms with Crippen molar-refractivity contribution < 1.29 is 0 Å². The Bertz CT molecular complexity index is 248. The Labute approximate surface area is 102 Å². The first-order valence-electron chi connectivity index (χ1n) is 6.77. The van der Waals surface area contributed by atoms with E-state index in [0.717, 1.165) is 11.8 Å². The average Bonchev–Trinajstić information content (AvgIpc) is 2.18. The van der Waals surface area contributed by atoms with E-state index < -0.39 is 0 Å². The van der Waals surface area contributed by atoms with E-state index in [2.05, 4.69) is 40.5 Å². The molecule has 0 radical (unpaired) electrons. The molecule has 2 rings (SSSR count). The van der Waals surface area contributed by atoms with Gasteiger partial charge in [0.1, 0.15) is 0 Å². The lowest BCUT2D eigenvalue weighted by Gasteiger charge is -2.55. The van der Waals surface area contributed by atoms with Gasteiger partial charge >= 0.3 is 0 Å². The van der Waals surface area contributed by atoms with Gasteiger partial charge in [-0.25, -0.2) is 0 Å². The Morgan fingerprint density at radius 3 is 2.25 bits per heavy atom. The summed E-state index contributed by atoms with van der Waals surface area (Å²) in [4.78, 5) is 0. The summed E-state index contributed by atoms with van der Waals surface area (Å²) in [5.74, 6) is 1.98. The van der Waals surface area contributed by atoms with Gasteiger partial charge in [0, 0.05) is 0 Å². The highest BCUT2D eigenvalue weighted by molar-refractivity contribution is 4.98. The molecule has 2 saturated carbocycles. The van der Waals surface area contributed by atoms with Crippen LogP contribution in [0.25, 0.3) is 0 Å². The third kappa shape index (κ3) is 2.45. The van der Waals surface area contributed by atoms with Crippen LogP contribution in [0.15, 0.2) is 0 Å². The Balaban J connectivity index is 0.000000606. The van der Waals surface area contributed by atoms with E-state index in [4.69, 9.17) is 0 Å². The summed E-state index contributed by atoms with van der Waals surface area (Å²) in [5, 5.41) is 0. The Kier molecular flexibility index (Phi) is 4.11. The van der Waals surface area contributed by atoms with Gasteiger partial charge in [-0.05, 0) is 48.3 Å². The lowest BCUT2D eigenvalue weighted by molar-refractivity contribution is -0.0468. The maximum Gasteiger partial charge on any atom is -0.0290 e. The highest BCUT2D eigenvalue weighted by Gasteiger charge is 2.48. The molecule has 0 heteroatoms. The second-order valence-electron chi connectivity index (χ2n) is 6.94. The topological polar surface area (TPSA) is 0 Å². The minimum Gasteiger partial charge on any atom is -0.124 e. The first-order valence-corrected chi connectivity index (χ1v) is 6.77. The van der Waals surface area contributed by atoms with E-state index in [9.17, 15) is 0 Å². The molecular formula is C16H28. The molecule has 0 amide bonds. The van der Waals surface area contributed by atoms with Gasteiger partial charge in [0.05, 0.1) is 0 Å². The molecule has 0 heterocycles. The molecule has 92 valence electrons.